The summed E-state index contributed by atoms with van der Waals surface area (Å²) in [4.78, 5) is 26.9. The maximum Gasteiger partial charge on any atom is 0.356 e. The molecule has 5 nitrogen and oxygen atoms in total. The molecule has 0 bridgehead atoms. The molecule has 1 unspecified atom stereocenters. The highest BCUT2D eigenvalue weighted by Crippen LogP contribution is 2.02. The van der Waals surface area contributed by atoms with Crippen LogP contribution in [-0.2, 0) is 4.74 Å². The van der Waals surface area contributed by atoms with Crippen LogP contribution in [0.4, 0.5) is 0 Å². The number of hydrogen-bond donors (Lipinski definition) is 1. The van der Waals surface area contributed by atoms with Crippen molar-refractivity contribution in [3.63, 3.8) is 0 Å². The van der Waals surface area contributed by atoms with Crippen molar-refractivity contribution in [2.45, 2.75) is 26.3 Å². The van der Waals surface area contributed by atoms with E-state index in [0.717, 1.165) is 6.42 Å². The lowest BCUT2D eigenvalue weighted by molar-refractivity contribution is 0.0594. The molecule has 17 heavy (non-hydrogen) atoms. The Morgan fingerprint density at radius 2 is 2.06 bits per heavy atom. The average Bonchev–Trinajstić information content (AvgIpc) is 2.37. The van der Waals surface area contributed by atoms with E-state index in [4.69, 9.17) is 0 Å². The summed E-state index contributed by atoms with van der Waals surface area (Å²) in [5, 5.41) is 2.78. The minimum absolute atomic E-state index is 0.0751. The van der Waals surface area contributed by atoms with Crippen LogP contribution in [0.2, 0.25) is 0 Å². The molecule has 0 aromatic carbocycles. The predicted molar refractivity (Wildman–Crippen MR) is 62.8 cm³/mol. The fourth-order valence-corrected chi connectivity index (χ4v) is 1.18. The van der Waals surface area contributed by atoms with Gasteiger partial charge in [0.1, 0.15) is 11.4 Å². The minimum atomic E-state index is -0.553. The molecule has 0 aliphatic rings. The second-order valence-corrected chi connectivity index (χ2v) is 3.68. The number of carbonyl (C=O) groups excluding carboxylic acids is 2. The topological polar surface area (TPSA) is 68.3 Å². The summed E-state index contributed by atoms with van der Waals surface area (Å²) in [6.07, 6.45) is 0.836. The highest BCUT2D eigenvalue weighted by atomic mass is 16.5. The summed E-state index contributed by atoms with van der Waals surface area (Å²) < 4.78 is 4.54. The zero-order chi connectivity index (χ0) is 12.8. The molecule has 1 rings (SSSR count). The Labute approximate surface area is 100 Å². The van der Waals surface area contributed by atoms with Gasteiger partial charge >= 0.3 is 5.97 Å². The van der Waals surface area contributed by atoms with E-state index >= 15 is 0 Å². The maximum atomic E-state index is 11.8. The highest BCUT2D eigenvalue weighted by molar-refractivity contribution is 5.94. The molecule has 0 spiro atoms. The summed E-state index contributed by atoms with van der Waals surface area (Å²) in [6, 6.07) is 4.74. The Morgan fingerprint density at radius 3 is 2.65 bits per heavy atom. The molecule has 1 heterocycles. The van der Waals surface area contributed by atoms with Crippen LogP contribution in [0.1, 0.15) is 41.2 Å². The van der Waals surface area contributed by atoms with E-state index in [0.29, 0.717) is 0 Å². The lowest BCUT2D eigenvalue weighted by atomic mass is 10.2. The molecular formula is C12H16N2O3. The first kappa shape index (κ1) is 13.2. The smallest absolute Gasteiger partial charge is 0.356 e. The van der Waals surface area contributed by atoms with Gasteiger partial charge in [0.15, 0.2) is 0 Å². The van der Waals surface area contributed by atoms with Crippen molar-refractivity contribution >= 4 is 11.9 Å². The van der Waals surface area contributed by atoms with Crippen LogP contribution in [0.5, 0.6) is 0 Å². The molecule has 5 heteroatoms. The van der Waals surface area contributed by atoms with Crippen LogP contribution >= 0.6 is 0 Å². The first-order valence-corrected chi connectivity index (χ1v) is 5.44. The summed E-state index contributed by atoms with van der Waals surface area (Å²) in [6.45, 7) is 3.88. The van der Waals surface area contributed by atoms with Gasteiger partial charge in [0.05, 0.1) is 7.11 Å². The third kappa shape index (κ3) is 3.55. The Balaban J connectivity index is 2.84. The third-order valence-corrected chi connectivity index (χ3v) is 2.37. The van der Waals surface area contributed by atoms with Crippen LogP contribution in [0.25, 0.3) is 0 Å². The molecule has 1 amide bonds. The first-order valence-electron chi connectivity index (χ1n) is 5.44. The number of rotatable bonds is 4. The van der Waals surface area contributed by atoms with E-state index in [1.54, 1.807) is 12.1 Å². The number of amides is 1. The Hall–Kier alpha value is -1.91. The molecule has 1 aromatic rings. The van der Waals surface area contributed by atoms with Gasteiger partial charge in [0.25, 0.3) is 5.91 Å². The lowest BCUT2D eigenvalue weighted by Crippen LogP contribution is -2.32. The first-order chi connectivity index (χ1) is 8.08. The Kier molecular flexibility index (Phi) is 4.63. The van der Waals surface area contributed by atoms with E-state index in [9.17, 15) is 9.59 Å². The molecule has 0 aliphatic carbocycles. The third-order valence-electron chi connectivity index (χ3n) is 2.37. The van der Waals surface area contributed by atoms with Crippen molar-refractivity contribution in [1.29, 1.82) is 0 Å². The fourth-order valence-electron chi connectivity index (χ4n) is 1.18. The summed E-state index contributed by atoms with van der Waals surface area (Å²) in [5.74, 6) is -0.840. The standard InChI is InChI=1S/C12H16N2O3/c1-4-8(2)13-11(15)9-6-5-7-10(14-9)12(16)17-3/h5-8H,4H2,1-3H3,(H,13,15). The van der Waals surface area contributed by atoms with Gasteiger partial charge in [0.2, 0.25) is 0 Å². The molecule has 0 radical (unpaired) electrons. The number of nitrogens with one attached hydrogen (secondary N) is 1. The molecule has 1 N–H and O–H groups in total. The van der Waals surface area contributed by atoms with Crippen LogP contribution in [0.3, 0.4) is 0 Å². The van der Waals surface area contributed by atoms with Crippen molar-refractivity contribution in [1.82, 2.24) is 10.3 Å². The van der Waals surface area contributed by atoms with Gasteiger partial charge in [-0.3, -0.25) is 4.79 Å². The fraction of sp³-hybridized carbons (Fsp3) is 0.417. The van der Waals surface area contributed by atoms with Crippen molar-refractivity contribution < 1.29 is 14.3 Å². The van der Waals surface area contributed by atoms with E-state index in [1.807, 2.05) is 13.8 Å². The Morgan fingerprint density at radius 1 is 1.41 bits per heavy atom. The number of nitrogens with zero attached hydrogens (tertiary/aromatic N) is 1. The van der Waals surface area contributed by atoms with Gasteiger partial charge in [-0.2, -0.15) is 0 Å². The summed E-state index contributed by atoms with van der Waals surface area (Å²) in [7, 11) is 1.27. The predicted octanol–water partition coefficient (Wildman–Crippen LogP) is 1.40. The maximum absolute atomic E-state index is 11.8. The van der Waals surface area contributed by atoms with Gasteiger partial charge in [-0.15, -0.1) is 0 Å². The number of pyridine rings is 1. The van der Waals surface area contributed by atoms with Crippen LogP contribution in [0, 0.1) is 0 Å². The molecule has 0 saturated heterocycles. The van der Waals surface area contributed by atoms with Crippen molar-refractivity contribution in [2.24, 2.45) is 0 Å². The molecule has 0 aliphatic heterocycles. The highest BCUT2D eigenvalue weighted by Gasteiger charge is 2.13. The van der Waals surface area contributed by atoms with Crippen LogP contribution in [-0.4, -0.2) is 30.0 Å². The van der Waals surface area contributed by atoms with E-state index in [-0.39, 0.29) is 23.3 Å². The number of methoxy groups -OCH3 is 1. The van der Waals surface area contributed by atoms with Gasteiger partial charge in [-0.25, -0.2) is 9.78 Å². The van der Waals surface area contributed by atoms with Gasteiger partial charge in [-0.1, -0.05) is 13.0 Å². The molecular weight excluding hydrogens is 220 g/mol. The van der Waals surface area contributed by atoms with Crippen LogP contribution in [0.15, 0.2) is 18.2 Å². The van der Waals surface area contributed by atoms with Gasteiger partial charge < -0.3 is 10.1 Å². The minimum Gasteiger partial charge on any atom is -0.464 e. The zero-order valence-corrected chi connectivity index (χ0v) is 10.2. The van der Waals surface area contributed by atoms with Crippen molar-refractivity contribution in [3.05, 3.63) is 29.6 Å². The molecule has 1 aromatic heterocycles. The molecule has 92 valence electrons. The number of carbonyl (C=O) groups is 2. The Bertz CT molecular complexity index is 418. The largest absolute Gasteiger partial charge is 0.464 e. The van der Waals surface area contributed by atoms with Gasteiger partial charge in [0, 0.05) is 6.04 Å². The zero-order valence-electron chi connectivity index (χ0n) is 10.2. The summed E-state index contributed by atoms with van der Waals surface area (Å²) >= 11 is 0. The van der Waals surface area contributed by atoms with E-state index in [2.05, 4.69) is 15.0 Å². The van der Waals surface area contributed by atoms with Gasteiger partial charge in [-0.05, 0) is 25.5 Å². The molecule has 1 atom stereocenters. The van der Waals surface area contributed by atoms with Crippen molar-refractivity contribution in [2.75, 3.05) is 7.11 Å². The molecule has 0 fully saturated rings. The van der Waals surface area contributed by atoms with Crippen LogP contribution < -0.4 is 5.32 Å². The second-order valence-electron chi connectivity index (χ2n) is 3.68. The quantitative estimate of drug-likeness (QED) is 0.802. The van der Waals surface area contributed by atoms with Crippen molar-refractivity contribution in [3.8, 4) is 0 Å². The lowest BCUT2D eigenvalue weighted by Gasteiger charge is -2.10. The summed E-state index contributed by atoms with van der Waals surface area (Å²) in [5.41, 5.74) is 0.345. The number of aromatic nitrogens is 1. The van der Waals surface area contributed by atoms with E-state index < -0.39 is 5.97 Å². The number of hydrogen-bond acceptors (Lipinski definition) is 4. The number of esters is 1. The normalized spacial score (nSPS) is 11.7. The second kappa shape index (κ2) is 5.98. The number of ether oxygens (including phenoxy) is 1. The molecule has 0 saturated carbocycles. The monoisotopic (exact) mass is 236 g/mol. The van der Waals surface area contributed by atoms with E-state index in [1.165, 1.54) is 13.2 Å². The SMILES string of the molecule is CCC(C)NC(=O)c1cccc(C(=O)OC)n1. The average molecular weight is 236 g/mol.